The molecule has 0 aliphatic carbocycles. The highest BCUT2D eigenvalue weighted by molar-refractivity contribution is 5.85. The fraction of sp³-hybridized carbons (Fsp3) is 0.500. The van der Waals surface area contributed by atoms with Crippen LogP contribution in [-0.2, 0) is 0 Å². The van der Waals surface area contributed by atoms with Gasteiger partial charge in [-0.25, -0.2) is 0 Å². The highest BCUT2D eigenvalue weighted by Gasteiger charge is 2.06. The summed E-state index contributed by atoms with van der Waals surface area (Å²) in [5.74, 6) is 0.989. The van der Waals surface area contributed by atoms with Crippen LogP contribution in [0, 0.1) is 5.92 Å². The average molecular weight is 230 g/mol. The first-order valence-electron chi connectivity index (χ1n) is 5.14. The van der Waals surface area contributed by atoms with Gasteiger partial charge in [0.05, 0.1) is 0 Å². The molecule has 1 rings (SSSR count). The standard InChI is InChI=1S/C12H19NO.ClH/c1-9(2)3-8-12(13)10-4-6-11(14)7-5-10;/h4-7,9,12,14H,3,8,13H2,1-2H3;1H/t12-;/m1./s1. The molecule has 0 unspecified atom stereocenters. The number of halogens is 1. The predicted molar refractivity (Wildman–Crippen MR) is 66.4 cm³/mol. The zero-order valence-electron chi connectivity index (χ0n) is 9.31. The Bertz CT molecular complexity index is 271. The molecular weight excluding hydrogens is 210 g/mol. The van der Waals surface area contributed by atoms with Gasteiger partial charge in [-0.2, -0.15) is 0 Å². The minimum atomic E-state index is 0. The zero-order chi connectivity index (χ0) is 10.6. The fourth-order valence-corrected chi connectivity index (χ4v) is 1.40. The van der Waals surface area contributed by atoms with E-state index in [1.807, 2.05) is 12.1 Å². The summed E-state index contributed by atoms with van der Waals surface area (Å²) in [5.41, 5.74) is 7.11. The van der Waals surface area contributed by atoms with Crippen LogP contribution in [0.5, 0.6) is 5.75 Å². The third kappa shape index (κ3) is 5.05. The van der Waals surface area contributed by atoms with Crippen LogP contribution in [0.25, 0.3) is 0 Å². The molecule has 0 bridgehead atoms. The molecule has 0 saturated heterocycles. The van der Waals surface area contributed by atoms with Gasteiger partial charge in [0.25, 0.3) is 0 Å². The van der Waals surface area contributed by atoms with Gasteiger partial charge in [-0.3, -0.25) is 0 Å². The van der Waals surface area contributed by atoms with E-state index < -0.39 is 0 Å². The van der Waals surface area contributed by atoms with Gasteiger partial charge in [-0.05, 0) is 36.5 Å². The molecule has 86 valence electrons. The van der Waals surface area contributed by atoms with Crippen molar-refractivity contribution >= 4 is 12.4 Å². The molecule has 0 fully saturated rings. The zero-order valence-corrected chi connectivity index (χ0v) is 10.1. The number of rotatable bonds is 4. The van der Waals surface area contributed by atoms with Crippen molar-refractivity contribution in [2.75, 3.05) is 0 Å². The Kier molecular flexibility index (Phi) is 6.37. The molecule has 0 heterocycles. The van der Waals surface area contributed by atoms with Crippen molar-refractivity contribution in [3.63, 3.8) is 0 Å². The molecule has 3 heteroatoms. The lowest BCUT2D eigenvalue weighted by Crippen LogP contribution is -2.10. The number of benzene rings is 1. The summed E-state index contributed by atoms with van der Waals surface area (Å²) >= 11 is 0. The maximum atomic E-state index is 9.12. The van der Waals surface area contributed by atoms with Gasteiger partial charge in [0, 0.05) is 6.04 Å². The highest BCUT2D eigenvalue weighted by atomic mass is 35.5. The quantitative estimate of drug-likeness (QED) is 0.833. The second-order valence-corrected chi connectivity index (χ2v) is 4.17. The van der Waals surface area contributed by atoms with E-state index in [1.165, 1.54) is 0 Å². The Labute approximate surface area is 97.9 Å². The van der Waals surface area contributed by atoms with Crippen molar-refractivity contribution in [3.8, 4) is 5.75 Å². The summed E-state index contributed by atoms with van der Waals surface area (Å²) in [4.78, 5) is 0. The van der Waals surface area contributed by atoms with E-state index in [2.05, 4.69) is 13.8 Å². The summed E-state index contributed by atoms with van der Waals surface area (Å²) in [7, 11) is 0. The Hall–Kier alpha value is -0.730. The average Bonchev–Trinajstić information content (AvgIpc) is 2.15. The summed E-state index contributed by atoms with van der Waals surface area (Å²) < 4.78 is 0. The number of phenols is 1. The van der Waals surface area contributed by atoms with E-state index in [0.29, 0.717) is 11.7 Å². The maximum Gasteiger partial charge on any atom is 0.115 e. The molecule has 0 amide bonds. The van der Waals surface area contributed by atoms with Gasteiger partial charge < -0.3 is 10.8 Å². The monoisotopic (exact) mass is 229 g/mol. The molecule has 1 aromatic carbocycles. The van der Waals surface area contributed by atoms with Gasteiger partial charge >= 0.3 is 0 Å². The van der Waals surface area contributed by atoms with Gasteiger partial charge in [-0.15, -0.1) is 12.4 Å². The van der Waals surface area contributed by atoms with E-state index >= 15 is 0 Å². The summed E-state index contributed by atoms with van der Waals surface area (Å²) in [5, 5.41) is 9.12. The van der Waals surface area contributed by atoms with Crippen LogP contribution in [0.2, 0.25) is 0 Å². The molecule has 0 aliphatic heterocycles. The maximum absolute atomic E-state index is 9.12. The first kappa shape index (κ1) is 14.3. The van der Waals surface area contributed by atoms with Crippen molar-refractivity contribution in [2.45, 2.75) is 32.7 Å². The molecule has 1 atom stereocenters. The Morgan fingerprint density at radius 1 is 1.13 bits per heavy atom. The molecule has 2 nitrogen and oxygen atoms in total. The van der Waals surface area contributed by atoms with Crippen molar-refractivity contribution in [1.82, 2.24) is 0 Å². The minimum Gasteiger partial charge on any atom is -0.508 e. The number of hydrogen-bond acceptors (Lipinski definition) is 2. The summed E-state index contributed by atoms with van der Waals surface area (Å²) in [6.45, 7) is 4.40. The van der Waals surface area contributed by atoms with E-state index in [9.17, 15) is 0 Å². The topological polar surface area (TPSA) is 46.2 Å². The van der Waals surface area contributed by atoms with Crippen LogP contribution in [0.15, 0.2) is 24.3 Å². The Morgan fingerprint density at radius 2 is 1.67 bits per heavy atom. The second-order valence-electron chi connectivity index (χ2n) is 4.17. The van der Waals surface area contributed by atoms with Crippen molar-refractivity contribution in [2.24, 2.45) is 11.7 Å². The molecular formula is C12H20ClNO. The van der Waals surface area contributed by atoms with E-state index in [1.54, 1.807) is 12.1 Å². The Balaban J connectivity index is 0.00000196. The van der Waals surface area contributed by atoms with E-state index in [4.69, 9.17) is 10.8 Å². The lowest BCUT2D eigenvalue weighted by molar-refractivity contribution is 0.473. The smallest absolute Gasteiger partial charge is 0.115 e. The molecule has 3 N–H and O–H groups in total. The normalized spacial score (nSPS) is 12.3. The van der Waals surface area contributed by atoms with Crippen LogP contribution in [-0.4, -0.2) is 5.11 Å². The third-order valence-corrected chi connectivity index (χ3v) is 2.38. The fourth-order valence-electron chi connectivity index (χ4n) is 1.40. The number of nitrogens with two attached hydrogens (primary N) is 1. The van der Waals surface area contributed by atoms with Gasteiger partial charge in [-0.1, -0.05) is 26.0 Å². The van der Waals surface area contributed by atoms with Crippen molar-refractivity contribution in [3.05, 3.63) is 29.8 Å². The molecule has 0 radical (unpaired) electrons. The lowest BCUT2D eigenvalue weighted by atomic mass is 9.98. The lowest BCUT2D eigenvalue weighted by Gasteiger charge is -2.13. The molecule has 0 saturated carbocycles. The Morgan fingerprint density at radius 3 is 2.13 bits per heavy atom. The largest absolute Gasteiger partial charge is 0.508 e. The van der Waals surface area contributed by atoms with Crippen LogP contribution in [0.3, 0.4) is 0 Å². The van der Waals surface area contributed by atoms with Crippen LogP contribution in [0.4, 0.5) is 0 Å². The first-order chi connectivity index (χ1) is 6.59. The van der Waals surface area contributed by atoms with E-state index in [-0.39, 0.29) is 18.4 Å². The highest BCUT2D eigenvalue weighted by Crippen LogP contribution is 2.20. The third-order valence-electron chi connectivity index (χ3n) is 2.38. The number of aromatic hydroxyl groups is 1. The molecule has 1 aromatic rings. The van der Waals surface area contributed by atoms with Crippen LogP contribution in [0.1, 0.15) is 38.3 Å². The first-order valence-corrected chi connectivity index (χ1v) is 5.14. The van der Waals surface area contributed by atoms with Crippen LogP contribution >= 0.6 is 12.4 Å². The minimum absolute atomic E-state index is 0. The van der Waals surface area contributed by atoms with Crippen molar-refractivity contribution < 1.29 is 5.11 Å². The van der Waals surface area contributed by atoms with Crippen LogP contribution < -0.4 is 5.73 Å². The number of hydrogen-bond donors (Lipinski definition) is 2. The van der Waals surface area contributed by atoms with Gasteiger partial charge in [0.1, 0.15) is 5.75 Å². The van der Waals surface area contributed by atoms with Crippen molar-refractivity contribution in [1.29, 1.82) is 0 Å². The van der Waals surface area contributed by atoms with Gasteiger partial charge in [0.2, 0.25) is 0 Å². The molecule has 0 aromatic heterocycles. The van der Waals surface area contributed by atoms with E-state index in [0.717, 1.165) is 18.4 Å². The molecule has 0 spiro atoms. The predicted octanol–water partition coefficient (Wildman–Crippen LogP) is 3.25. The number of phenolic OH excluding ortho intramolecular Hbond substituents is 1. The summed E-state index contributed by atoms with van der Waals surface area (Å²) in [6.07, 6.45) is 2.14. The summed E-state index contributed by atoms with van der Waals surface area (Å²) in [6, 6.07) is 7.24. The van der Waals surface area contributed by atoms with Gasteiger partial charge in [0.15, 0.2) is 0 Å². The molecule has 15 heavy (non-hydrogen) atoms. The molecule has 0 aliphatic rings. The SMILES string of the molecule is CC(C)CC[C@@H](N)c1ccc(O)cc1.Cl. The second kappa shape index (κ2) is 6.70.